The predicted molar refractivity (Wildman–Crippen MR) is 116 cm³/mol. The van der Waals surface area contributed by atoms with Gasteiger partial charge in [0.1, 0.15) is 18.2 Å². The summed E-state index contributed by atoms with van der Waals surface area (Å²) in [6.45, 7) is 0.277. The molecule has 0 spiro atoms. The molecule has 0 saturated carbocycles. The quantitative estimate of drug-likeness (QED) is 0.348. The summed E-state index contributed by atoms with van der Waals surface area (Å²) in [4.78, 5) is 16.1. The maximum absolute atomic E-state index is 11.5. The fraction of sp³-hybridized carbons (Fsp3) is 0.261. The van der Waals surface area contributed by atoms with Crippen LogP contribution >= 0.6 is 0 Å². The zero-order valence-electron chi connectivity index (χ0n) is 17.3. The van der Waals surface area contributed by atoms with Crippen molar-refractivity contribution in [3.63, 3.8) is 0 Å². The highest BCUT2D eigenvalue weighted by Gasteiger charge is 2.27. The summed E-state index contributed by atoms with van der Waals surface area (Å²) in [5.41, 5.74) is 2.38. The highest BCUT2D eigenvalue weighted by molar-refractivity contribution is 5.78. The number of rotatable bonds is 10. The van der Waals surface area contributed by atoms with E-state index >= 15 is 0 Å². The molecule has 0 aliphatic rings. The SMILES string of the molecule is O=C(O)C(O)C(CCCc1nnn[nH]1)c1cccc(OCc2ccc3ccccc3n2)c1. The predicted octanol–water partition coefficient (Wildman–Crippen LogP) is 2.88. The largest absolute Gasteiger partial charge is 0.487 e. The first-order valence-electron chi connectivity index (χ1n) is 10.3. The molecule has 0 saturated heterocycles. The standard InChI is InChI=1S/C23H23N5O4/c29-22(23(30)31)19(8-4-10-21-25-27-28-26-21)16-6-3-7-18(13-16)32-14-17-12-11-15-5-1-2-9-20(15)24-17/h1-3,5-7,9,11-13,19,22,29H,4,8,10,14H2,(H,30,31)(H,25,26,27,28). The number of nitrogens with one attached hydrogen (secondary N) is 1. The van der Waals surface area contributed by atoms with E-state index in [2.05, 4.69) is 25.6 Å². The molecule has 4 rings (SSSR count). The molecule has 4 aromatic rings. The maximum atomic E-state index is 11.5. The van der Waals surface area contributed by atoms with Gasteiger partial charge in [-0.25, -0.2) is 14.9 Å². The number of carboxylic acid groups (broad SMARTS) is 1. The minimum absolute atomic E-state index is 0.277. The number of fused-ring (bicyclic) bond motifs is 1. The lowest BCUT2D eigenvalue weighted by atomic mass is 9.88. The fourth-order valence-electron chi connectivity index (χ4n) is 3.63. The number of hydrogen-bond donors (Lipinski definition) is 3. The Kier molecular flexibility index (Phi) is 6.66. The van der Waals surface area contributed by atoms with E-state index in [4.69, 9.17) is 4.74 Å². The van der Waals surface area contributed by atoms with E-state index in [9.17, 15) is 15.0 Å². The van der Waals surface area contributed by atoms with E-state index in [-0.39, 0.29) is 6.61 Å². The van der Waals surface area contributed by atoms with Gasteiger partial charge in [-0.3, -0.25) is 0 Å². The maximum Gasteiger partial charge on any atom is 0.333 e. The van der Waals surface area contributed by atoms with Crippen LogP contribution in [0.25, 0.3) is 10.9 Å². The van der Waals surface area contributed by atoms with Crippen molar-refractivity contribution in [2.24, 2.45) is 0 Å². The second-order valence-electron chi connectivity index (χ2n) is 7.49. The Morgan fingerprint density at radius 2 is 1.97 bits per heavy atom. The number of aliphatic hydroxyl groups is 1. The summed E-state index contributed by atoms with van der Waals surface area (Å²) in [6.07, 6.45) is 0.0850. The average molecular weight is 433 g/mol. The summed E-state index contributed by atoms with van der Waals surface area (Å²) >= 11 is 0. The van der Waals surface area contributed by atoms with Crippen LogP contribution in [0.3, 0.4) is 0 Å². The van der Waals surface area contributed by atoms with E-state index in [1.165, 1.54) is 0 Å². The molecule has 2 aromatic heterocycles. The number of aryl methyl sites for hydroxylation is 1. The first-order valence-corrected chi connectivity index (χ1v) is 10.3. The molecule has 2 atom stereocenters. The number of pyridine rings is 1. The van der Waals surface area contributed by atoms with Crippen molar-refractivity contribution in [2.45, 2.75) is 37.9 Å². The minimum Gasteiger partial charge on any atom is -0.487 e. The van der Waals surface area contributed by atoms with Gasteiger partial charge in [0.2, 0.25) is 0 Å². The molecule has 0 bridgehead atoms. The third kappa shape index (κ3) is 5.25. The number of carboxylic acids is 1. The Hall–Kier alpha value is -3.85. The van der Waals surface area contributed by atoms with Crippen LogP contribution in [0.5, 0.6) is 5.75 Å². The molecule has 32 heavy (non-hydrogen) atoms. The second-order valence-corrected chi connectivity index (χ2v) is 7.49. The van der Waals surface area contributed by atoms with E-state index < -0.39 is 18.0 Å². The molecule has 2 aromatic carbocycles. The monoisotopic (exact) mass is 433 g/mol. The highest BCUT2D eigenvalue weighted by atomic mass is 16.5. The molecular formula is C23H23N5O4. The summed E-state index contributed by atoms with van der Waals surface area (Å²) in [5.74, 6) is -0.651. The number of tetrazole rings is 1. The average Bonchev–Trinajstić information content (AvgIpc) is 3.34. The van der Waals surface area contributed by atoms with Crippen LogP contribution in [-0.4, -0.2) is 47.9 Å². The number of H-pyrrole nitrogens is 1. The normalized spacial score (nSPS) is 13.0. The molecule has 9 nitrogen and oxygen atoms in total. The zero-order valence-corrected chi connectivity index (χ0v) is 17.3. The van der Waals surface area contributed by atoms with Crippen LogP contribution in [-0.2, 0) is 17.8 Å². The summed E-state index contributed by atoms with van der Waals surface area (Å²) < 4.78 is 5.91. The van der Waals surface area contributed by atoms with Crippen LogP contribution < -0.4 is 4.74 Å². The number of ether oxygens (including phenoxy) is 1. The number of para-hydroxylation sites is 1. The molecule has 9 heteroatoms. The number of carbonyl (C=O) groups is 1. The third-order valence-corrected chi connectivity index (χ3v) is 5.28. The highest BCUT2D eigenvalue weighted by Crippen LogP contribution is 2.29. The van der Waals surface area contributed by atoms with Gasteiger partial charge in [0, 0.05) is 17.7 Å². The van der Waals surface area contributed by atoms with E-state index in [1.807, 2.05) is 36.4 Å². The van der Waals surface area contributed by atoms with Gasteiger partial charge in [0.25, 0.3) is 0 Å². The van der Waals surface area contributed by atoms with Gasteiger partial charge in [-0.2, -0.15) is 0 Å². The van der Waals surface area contributed by atoms with E-state index in [0.717, 1.165) is 16.6 Å². The lowest BCUT2D eigenvalue weighted by Gasteiger charge is -2.21. The van der Waals surface area contributed by atoms with Gasteiger partial charge in [0.15, 0.2) is 6.10 Å². The van der Waals surface area contributed by atoms with Gasteiger partial charge in [0.05, 0.1) is 11.2 Å². The number of aliphatic carboxylic acids is 1. The van der Waals surface area contributed by atoms with Crippen LogP contribution in [0, 0.1) is 0 Å². The van der Waals surface area contributed by atoms with Crippen molar-refractivity contribution in [2.75, 3.05) is 0 Å². The van der Waals surface area contributed by atoms with Crippen molar-refractivity contribution < 1.29 is 19.7 Å². The van der Waals surface area contributed by atoms with E-state index in [1.54, 1.807) is 24.3 Å². The molecule has 0 radical (unpaired) electrons. The first-order chi connectivity index (χ1) is 15.6. The molecule has 0 aliphatic carbocycles. The zero-order chi connectivity index (χ0) is 22.3. The van der Waals surface area contributed by atoms with Crippen molar-refractivity contribution in [3.8, 4) is 5.75 Å². The minimum atomic E-state index is -1.53. The Morgan fingerprint density at radius 1 is 1.09 bits per heavy atom. The smallest absolute Gasteiger partial charge is 0.333 e. The van der Waals surface area contributed by atoms with Crippen molar-refractivity contribution in [3.05, 3.63) is 77.7 Å². The third-order valence-electron chi connectivity index (χ3n) is 5.28. The van der Waals surface area contributed by atoms with Gasteiger partial charge in [-0.15, -0.1) is 5.10 Å². The van der Waals surface area contributed by atoms with Crippen molar-refractivity contribution in [1.29, 1.82) is 0 Å². The molecule has 0 aliphatic heterocycles. The molecule has 2 unspecified atom stereocenters. The molecule has 164 valence electrons. The lowest BCUT2D eigenvalue weighted by molar-refractivity contribution is -0.148. The summed E-state index contributed by atoms with van der Waals surface area (Å²) in [6, 6.07) is 18.9. The number of nitrogens with zero attached hydrogens (tertiary/aromatic N) is 4. The summed E-state index contributed by atoms with van der Waals surface area (Å²) in [7, 11) is 0. The Labute approximate surface area is 184 Å². The Balaban J connectivity index is 1.45. The lowest BCUT2D eigenvalue weighted by Crippen LogP contribution is -2.28. The topological polar surface area (TPSA) is 134 Å². The van der Waals surface area contributed by atoms with Gasteiger partial charge >= 0.3 is 5.97 Å². The number of hydrogen-bond acceptors (Lipinski definition) is 7. The molecule has 0 amide bonds. The van der Waals surface area contributed by atoms with Crippen LogP contribution in [0.4, 0.5) is 0 Å². The first kappa shape index (κ1) is 21.4. The van der Waals surface area contributed by atoms with Crippen LogP contribution in [0.15, 0.2) is 60.7 Å². The van der Waals surface area contributed by atoms with Crippen molar-refractivity contribution in [1.82, 2.24) is 25.6 Å². The molecule has 0 fully saturated rings. The Morgan fingerprint density at radius 3 is 2.78 bits per heavy atom. The van der Waals surface area contributed by atoms with Gasteiger partial charge in [-0.05, 0) is 53.1 Å². The van der Waals surface area contributed by atoms with Crippen LogP contribution in [0.1, 0.15) is 35.8 Å². The fourth-order valence-corrected chi connectivity index (χ4v) is 3.63. The number of aromatic nitrogens is 5. The second kappa shape index (κ2) is 9.97. The van der Waals surface area contributed by atoms with Crippen molar-refractivity contribution >= 4 is 16.9 Å². The molecular weight excluding hydrogens is 410 g/mol. The van der Waals surface area contributed by atoms with Gasteiger partial charge < -0.3 is 14.9 Å². The molecule has 3 N–H and O–H groups in total. The van der Waals surface area contributed by atoms with Crippen LogP contribution in [0.2, 0.25) is 0 Å². The number of aliphatic hydroxyl groups excluding tert-OH is 1. The number of aromatic amines is 1. The van der Waals surface area contributed by atoms with E-state index in [0.29, 0.717) is 36.4 Å². The summed E-state index contributed by atoms with van der Waals surface area (Å²) in [5, 5.41) is 34.3. The number of benzene rings is 2. The molecule has 2 heterocycles. The van der Waals surface area contributed by atoms with Gasteiger partial charge in [-0.1, -0.05) is 36.4 Å². The Bertz CT molecular complexity index is 1180.